The summed E-state index contributed by atoms with van der Waals surface area (Å²) in [6, 6.07) is 6.25. The van der Waals surface area contributed by atoms with Crippen molar-refractivity contribution in [2.24, 2.45) is 5.73 Å². The number of aryl methyl sites for hydroxylation is 2. The molecule has 0 aliphatic heterocycles. The Kier molecular flexibility index (Phi) is 5.28. The zero-order valence-electron chi connectivity index (χ0n) is 11.1. The van der Waals surface area contributed by atoms with E-state index in [1.54, 1.807) is 0 Å². The number of ether oxygens (including phenoxy) is 1. The minimum atomic E-state index is -2.40. The molecule has 2 rings (SSSR count). The number of halogens is 2. The Morgan fingerprint density at radius 1 is 1.16 bits per heavy atom. The highest BCUT2D eigenvalue weighted by Crippen LogP contribution is 2.25. The molecule has 1 aliphatic carbocycles. The molecule has 2 nitrogen and oxygen atoms in total. The topological polar surface area (TPSA) is 35.2 Å². The lowest BCUT2D eigenvalue weighted by atomic mass is 9.89. The van der Waals surface area contributed by atoms with E-state index in [0.717, 1.165) is 18.4 Å². The van der Waals surface area contributed by atoms with Gasteiger partial charge in [-0.3, -0.25) is 0 Å². The van der Waals surface area contributed by atoms with Crippen LogP contribution >= 0.6 is 0 Å². The summed E-state index contributed by atoms with van der Waals surface area (Å²) in [5.41, 5.74) is 9.99. The van der Waals surface area contributed by atoms with Gasteiger partial charge in [-0.05, 0) is 48.8 Å². The third-order valence-corrected chi connectivity index (χ3v) is 3.62. The number of benzene rings is 1. The van der Waals surface area contributed by atoms with E-state index in [1.807, 2.05) is 0 Å². The number of nitrogens with two attached hydrogens (primary N) is 1. The first-order valence-corrected chi connectivity index (χ1v) is 6.90. The standard InChI is InChI=1S/C15H21F2NO/c16-15(17)10-19-8-7-14(18)13-6-5-11-3-1-2-4-12(11)9-13/h5-6,9,14-15H,1-4,7-8,10,18H2. The van der Waals surface area contributed by atoms with Crippen molar-refractivity contribution in [3.63, 3.8) is 0 Å². The maximum absolute atomic E-state index is 11.9. The molecule has 0 saturated heterocycles. The SMILES string of the molecule is NC(CCOCC(F)F)c1ccc2c(c1)CCCC2. The second-order valence-electron chi connectivity index (χ2n) is 5.10. The average molecular weight is 269 g/mol. The number of hydrogen-bond acceptors (Lipinski definition) is 2. The maximum Gasteiger partial charge on any atom is 0.261 e. The summed E-state index contributed by atoms with van der Waals surface area (Å²) in [6.07, 6.45) is 2.95. The molecule has 1 aromatic rings. The van der Waals surface area contributed by atoms with Gasteiger partial charge in [-0.15, -0.1) is 0 Å². The highest BCUT2D eigenvalue weighted by atomic mass is 19.3. The summed E-state index contributed by atoms with van der Waals surface area (Å²) in [7, 11) is 0. The number of rotatable bonds is 6. The minimum absolute atomic E-state index is 0.134. The summed E-state index contributed by atoms with van der Waals surface area (Å²) in [6.45, 7) is -0.223. The summed E-state index contributed by atoms with van der Waals surface area (Å²) in [4.78, 5) is 0. The molecule has 0 fully saturated rings. The lowest BCUT2D eigenvalue weighted by Crippen LogP contribution is -2.15. The molecule has 106 valence electrons. The third-order valence-electron chi connectivity index (χ3n) is 3.62. The van der Waals surface area contributed by atoms with Crippen LogP contribution in [0.25, 0.3) is 0 Å². The van der Waals surface area contributed by atoms with Gasteiger partial charge >= 0.3 is 0 Å². The van der Waals surface area contributed by atoms with Crippen LogP contribution in [0.15, 0.2) is 18.2 Å². The Bertz CT molecular complexity index is 409. The zero-order valence-corrected chi connectivity index (χ0v) is 11.1. The molecule has 1 atom stereocenters. The van der Waals surface area contributed by atoms with Crippen molar-refractivity contribution in [1.29, 1.82) is 0 Å². The largest absolute Gasteiger partial charge is 0.375 e. The Morgan fingerprint density at radius 3 is 2.63 bits per heavy atom. The molecule has 0 saturated carbocycles. The van der Waals surface area contributed by atoms with Gasteiger partial charge < -0.3 is 10.5 Å². The average Bonchev–Trinajstić information content (AvgIpc) is 2.42. The fraction of sp³-hybridized carbons (Fsp3) is 0.600. The molecule has 0 bridgehead atoms. The van der Waals surface area contributed by atoms with Gasteiger partial charge in [0.15, 0.2) is 0 Å². The molecule has 0 heterocycles. The predicted molar refractivity (Wildman–Crippen MR) is 71.5 cm³/mol. The first-order valence-electron chi connectivity index (χ1n) is 6.90. The third kappa shape index (κ3) is 4.25. The van der Waals surface area contributed by atoms with Crippen molar-refractivity contribution in [1.82, 2.24) is 0 Å². The maximum atomic E-state index is 11.9. The molecule has 0 aromatic heterocycles. The number of fused-ring (bicyclic) bond motifs is 1. The summed E-state index contributed by atoms with van der Waals surface area (Å²) in [5, 5.41) is 0. The van der Waals surface area contributed by atoms with Crippen molar-refractivity contribution < 1.29 is 13.5 Å². The van der Waals surface area contributed by atoms with Crippen molar-refractivity contribution in [3.8, 4) is 0 Å². The van der Waals surface area contributed by atoms with E-state index in [1.165, 1.54) is 24.0 Å². The zero-order chi connectivity index (χ0) is 13.7. The van der Waals surface area contributed by atoms with Crippen molar-refractivity contribution >= 4 is 0 Å². The molecule has 1 aliphatic rings. The first kappa shape index (κ1) is 14.4. The highest BCUT2D eigenvalue weighted by molar-refractivity contribution is 5.35. The quantitative estimate of drug-likeness (QED) is 0.805. The van der Waals surface area contributed by atoms with Crippen LogP contribution in [0.1, 0.15) is 42.0 Å². The Hall–Kier alpha value is -1.00. The molecule has 2 N–H and O–H groups in total. The Balaban J connectivity index is 1.86. The van der Waals surface area contributed by atoms with Gasteiger partial charge in [-0.25, -0.2) is 8.78 Å². The van der Waals surface area contributed by atoms with E-state index in [0.29, 0.717) is 6.42 Å². The number of hydrogen-bond donors (Lipinski definition) is 1. The van der Waals surface area contributed by atoms with E-state index in [2.05, 4.69) is 18.2 Å². The molecule has 0 spiro atoms. The first-order chi connectivity index (χ1) is 9.16. The Morgan fingerprint density at radius 2 is 1.89 bits per heavy atom. The van der Waals surface area contributed by atoms with Crippen LogP contribution in [0, 0.1) is 0 Å². The van der Waals surface area contributed by atoms with Gasteiger partial charge in [-0.2, -0.15) is 0 Å². The summed E-state index contributed by atoms with van der Waals surface area (Å²) in [5.74, 6) is 0. The second-order valence-corrected chi connectivity index (χ2v) is 5.10. The van der Waals surface area contributed by atoms with Crippen LogP contribution in [0.3, 0.4) is 0 Å². The van der Waals surface area contributed by atoms with Gasteiger partial charge in [0.25, 0.3) is 6.43 Å². The van der Waals surface area contributed by atoms with E-state index in [9.17, 15) is 8.78 Å². The number of alkyl halides is 2. The fourth-order valence-corrected chi connectivity index (χ4v) is 2.53. The lowest BCUT2D eigenvalue weighted by Gasteiger charge is -2.19. The van der Waals surface area contributed by atoms with Crippen molar-refractivity contribution in [2.45, 2.75) is 44.6 Å². The van der Waals surface area contributed by atoms with Gasteiger partial charge in [0.05, 0.1) is 0 Å². The predicted octanol–water partition coefficient (Wildman–Crippen LogP) is 3.24. The molecule has 0 radical (unpaired) electrons. The van der Waals surface area contributed by atoms with E-state index < -0.39 is 13.0 Å². The summed E-state index contributed by atoms with van der Waals surface area (Å²) >= 11 is 0. The van der Waals surface area contributed by atoms with Gasteiger partial charge in [0.2, 0.25) is 0 Å². The van der Waals surface area contributed by atoms with Gasteiger partial charge in [0.1, 0.15) is 6.61 Å². The molecule has 19 heavy (non-hydrogen) atoms. The Labute approximate surface area is 112 Å². The highest BCUT2D eigenvalue weighted by Gasteiger charge is 2.13. The smallest absolute Gasteiger partial charge is 0.261 e. The van der Waals surface area contributed by atoms with Gasteiger partial charge in [0, 0.05) is 12.6 Å². The second kappa shape index (κ2) is 6.96. The fourth-order valence-electron chi connectivity index (χ4n) is 2.53. The molecular weight excluding hydrogens is 248 g/mol. The molecule has 1 unspecified atom stereocenters. The van der Waals surface area contributed by atoms with E-state index >= 15 is 0 Å². The lowest BCUT2D eigenvalue weighted by molar-refractivity contribution is 0.0152. The normalized spacial score (nSPS) is 16.4. The van der Waals surface area contributed by atoms with Crippen LogP contribution in [0.4, 0.5) is 8.78 Å². The molecule has 4 heteroatoms. The van der Waals surface area contributed by atoms with Crippen LogP contribution in [0.5, 0.6) is 0 Å². The van der Waals surface area contributed by atoms with Crippen molar-refractivity contribution in [3.05, 3.63) is 34.9 Å². The van der Waals surface area contributed by atoms with Crippen LogP contribution in [-0.4, -0.2) is 19.6 Å². The van der Waals surface area contributed by atoms with Crippen LogP contribution < -0.4 is 5.73 Å². The van der Waals surface area contributed by atoms with E-state index in [4.69, 9.17) is 10.5 Å². The minimum Gasteiger partial charge on any atom is -0.375 e. The van der Waals surface area contributed by atoms with Crippen molar-refractivity contribution in [2.75, 3.05) is 13.2 Å². The van der Waals surface area contributed by atoms with Gasteiger partial charge in [-0.1, -0.05) is 18.2 Å². The van der Waals surface area contributed by atoms with Crippen LogP contribution in [0.2, 0.25) is 0 Å². The van der Waals surface area contributed by atoms with E-state index in [-0.39, 0.29) is 12.6 Å². The molecular formula is C15H21F2NO. The summed E-state index contributed by atoms with van der Waals surface area (Å²) < 4.78 is 28.7. The monoisotopic (exact) mass is 269 g/mol. The molecule has 0 amide bonds. The van der Waals surface area contributed by atoms with Crippen LogP contribution in [-0.2, 0) is 17.6 Å². The molecule has 1 aromatic carbocycles.